The molecule has 2 aliphatic rings. The van der Waals surface area contributed by atoms with Gasteiger partial charge in [-0.15, -0.1) is 0 Å². The van der Waals surface area contributed by atoms with Gasteiger partial charge in [0.15, 0.2) is 11.5 Å². The second kappa shape index (κ2) is 9.01. The molecule has 0 radical (unpaired) electrons. The number of ether oxygens (including phenoxy) is 4. The minimum atomic E-state index is -0.559. The lowest BCUT2D eigenvalue weighted by Crippen LogP contribution is -2.28. The summed E-state index contributed by atoms with van der Waals surface area (Å²) in [5.41, 5.74) is 2.90. The zero-order valence-corrected chi connectivity index (χ0v) is 19.0. The molecule has 2 aromatic rings. The van der Waals surface area contributed by atoms with E-state index < -0.39 is 12.1 Å². The molecule has 0 bridgehead atoms. The van der Waals surface area contributed by atoms with Crippen molar-refractivity contribution in [2.24, 2.45) is 0 Å². The first-order valence-corrected chi connectivity index (χ1v) is 10.6. The number of nitrogens with zero attached hydrogens (tertiary/aromatic N) is 1. The van der Waals surface area contributed by atoms with Crippen molar-refractivity contribution >= 4 is 17.7 Å². The predicted molar refractivity (Wildman–Crippen MR) is 121 cm³/mol. The standard InChI is InChI=1S/C24H26N2O7/c1-13(27)25-17-7-5-14-11-20(30-2)22(31-3)23(32-4)21(14)15-6-8-18(19(28)12-16(15)17)26-9-10-33-24(26)29/h6,8,11-12,17H,5,7,9-10H2,1-4H3,(H,25,27). The van der Waals surface area contributed by atoms with Crippen LogP contribution < -0.4 is 29.9 Å². The minimum absolute atomic E-state index is 0.207. The molecule has 2 amide bonds. The lowest BCUT2D eigenvalue weighted by Gasteiger charge is -2.19. The Labute approximate surface area is 191 Å². The fourth-order valence-corrected chi connectivity index (χ4v) is 4.53. The summed E-state index contributed by atoms with van der Waals surface area (Å²) in [7, 11) is 4.63. The molecule has 1 saturated heterocycles. The third kappa shape index (κ3) is 3.94. The summed E-state index contributed by atoms with van der Waals surface area (Å²) < 4.78 is 21.9. The largest absolute Gasteiger partial charge is 0.493 e. The Morgan fingerprint density at radius 3 is 2.45 bits per heavy atom. The SMILES string of the molecule is COc1cc2c(c(OC)c1OC)-c1ccc(N3CCOC3=O)c(=O)cc1C(NC(C)=O)CC2. The summed E-state index contributed by atoms with van der Waals surface area (Å²) in [5.74, 6) is 1.22. The number of anilines is 1. The number of cyclic esters (lactones) is 1. The van der Waals surface area contributed by atoms with E-state index in [0.29, 0.717) is 47.8 Å². The van der Waals surface area contributed by atoms with Crippen LogP contribution in [0.4, 0.5) is 10.5 Å². The molecule has 0 aromatic heterocycles. The second-order valence-electron chi connectivity index (χ2n) is 7.83. The number of rotatable bonds is 5. The molecule has 1 N–H and O–H groups in total. The topological polar surface area (TPSA) is 103 Å². The molecule has 1 unspecified atom stereocenters. The van der Waals surface area contributed by atoms with Gasteiger partial charge in [0.2, 0.25) is 17.1 Å². The summed E-state index contributed by atoms with van der Waals surface area (Å²) in [6.07, 6.45) is 0.605. The number of hydrogen-bond acceptors (Lipinski definition) is 7. The van der Waals surface area contributed by atoms with E-state index in [1.165, 1.54) is 25.0 Å². The number of carbonyl (C=O) groups is 2. The Morgan fingerprint density at radius 2 is 1.85 bits per heavy atom. The second-order valence-corrected chi connectivity index (χ2v) is 7.83. The van der Waals surface area contributed by atoms with E-state index in [1.54, 1.807) is 26.4 Å². The highest BCUT2D eigenvalue weighted by Gasteiger charge is 2.31. The molecule has 1 aliphatic heterocycles. The first kappa shape index (κ1) is 22.4. The summed E-state index contributed by atoms with van der Waals surface area (Å²) in [6, 6.07) is 6.36. The number of nitrogens with one attached hydrogen (secondary N) is 1. The Kier molecular flexibility index (Phi) is 6.13. The molecule has 4 rings (SSSR count). The summed E-state index contributed by atoms with van der Waals surface area (Å²) >= 11 is 0. The zero-order chi connectivity index (χ0) is 23.7. The molecule has 1 atom stereocenters. The van der Waals surface area contributed by atoms with Gasteiger partial charge in [-0.1, -0.05) is 6.07 Å². The third-order valence-corrected chi connectivity index (χ3v) is 5.95. The predicted octanol–water partition coefficient (Wildman–Crippen LogP) is 2.82. The van der Waals surface area contributed by atoms with Crippen molar-refractivity contribution in [2.45, 2.75) is 25.8 Å². The first-order valence-electron chi connectivity index (χ1n) is 10.6. The van der Waals surface area contributed by atoms with Crippen molar-refractivity contribution in [3.8, 4) is 28.4 Å². The molecule has 2 aromatic carbocycles. The van der Waals surface area contributed by atoms with Crippen molar-refractivity contribution in [3.63, 3.8) is 0 Å². The van der Waals surface area contributed by atoms with Crippen LogP contribution in [0, 0.1) is 0 Å². The number of benzene rings is 1. The maximum absolute atomic E-state index is 13.2. The van der Waals surface area contributed by atoms with E-state index in [2.05, 4.69) is 5.32 Å². The van der Waals surface area contributed by atoms with Crippen molar-refractivity contribution in [1.82, 2.24) is 5.32 Å². The van der Waals surface area contributed by atoms with E-state index >= 15 is 0 Å². The van der Waals surface area contributed by atoms with Crippen molar-refractivity contribution in [2.75, 3.05) is 39.4 Å². The molecule has 9 heteroatoms. The molecule has 9 nitrogen and oxygen atoms in total. The lowest BCUT2D eigenvalue weighted by atomic mass is 9.95. The minimum Gasteiger partial charge on any atom is -0.493 e. The Bertz CT molecular complexity index is 1180. The van der Waals surface area contributed by atoms with Crippen LogP contribution in [-0.2, 0) is 16.0 Å². The van der Waals surface area contributed by atoms with Gasteiger partial charge in [-0.25, -0.2) is 4.79 Å². The molecule has 174 valence electrons. The maximum Gasteiger partial charge on any atom is 0.414 e. The molecule has 33 heavy (non-hydrogen) atoms. The maximum atomic E-state index is 13.2. The molecule has 0 saturated carbocycles. The van der Waals surface area contributed by atoms with Gasteiger partial charge in [-0.2, -0.15) is 0 Å². The molecule has 1 fully saturated rings. The van der Waals surface area contributed by atoms with Gasteiger partial charge >= 0.3 is 6.09 Å². The van der Waals surface area contributed by atoms with Gasteiger partial charge in [0.05, 0.1) is 39.6 Å². The van der Waals surface area contributed by atoms with Gasteiger partial charge in [-0.3, -0.25) is 14.5 Å². The van der Waals surface area contributed by atoms with Crippen LogP contribution in [0.15, 0.2) is 29.1 Å². The van der Waals surface area contributed by atoms with Gasteiger partial charge in [0.1, 0.15) is 6.61 Å². The highest BCUT2D eigenvalue weighted by molar-refractivity contribution is 5.90. The van der Waals surface area contributed by atoms with Crippen molar-refractivity contribution in [1.29, 1.82) is 0 Å². The highest BCUT2D eigenvalue weighted by atomic mass is 16.6. The van der Waals surface area contributed by atoms with Gasteiger partial charge in [0.25, 0.3) is 0 Å². The van der Waals surface area contributed by atoms with Gasteiger partial charge < -0.3 is 24.3 Å². The van der Waals surface area contributed by atoms with Crippen molar-refractivity contribution < 1.29 is 28.5 Å². The number of hydrogen-bond donors (Lipinski definition) is 1. The molecule has 1 aliphatic carbocycles. The van der Waals surface area contributed by atoms with Crippen LogP contribution >= 0.6 is 0 Å². The van der Waals surface area contributed by atoms with Crippen LogP contribution in [0.25, 0.3) is 11.1 Å². The zero-order valence-electron chi connectivity index (χ0n) is 19.0. The highest BCUT2D eigenvalue weighted by Crippen LogP contribution is 2.50. The summed E-state index contributed by atoms with van der Waals surface area (Å²) in [6.45, 7) is 1.96. The Morgan fingerprint density at radius 1 is 1.09 bits per heavy atom. The Balaban J connectivity index is 2.04. The summed E-state index contributed by atoms with van der Waals surface area (Å²) in [5, 5.41) is 2.96. The quantitative estimate of drug-likeness (QED) is 0.741. The van der Waals surface area contributed by atoms with Crippen molar-refractivity contribution in [3.05, 3.63) is 45.6 Å². The molecular weight excluding hydrogens is 428 g/mol. The smallest absolute Gasteiger partial charge is 0.414 e. The number of methoxy groups -OCH3 is 3. The fraction of sp³-hybridized carbons (Fsp3) is 0.375. The van der Waals surface area contributed by atoms with E-state index in [-0.39, 0.29) is 23.6 Å². The summed E-state index contributed by atoms with van der Waals surface area (Å²) in [4.78, 5) is 38.7. The van der Waals surface area contributed by atoms with Crippen LogP contribution in [-0.4, -0.2) is 46.5 Å². The van der Waals surface area contributed by atoms with E-state index in [1.807, 2.05) is 6.07 Å². The third-order valence-electron chi connectivity index (χ3n) is 5.95. The van der Waals surface area contributed by atoms with Crippen LogP contribution in [0.2, 0.25) is 0 Å². The average Bonchev–Trinajstić information content (AvgIpc) is 3.07. The van der Waals surface area contributed by atoms with Crippen LogP contribution in [0.5, 0.6) is 17.2 Å². The lowest BCUT2D eigenvalue weighted by molar-refractivity contribution is -0.119. The number of amides is 2. The van der Waals surface area contributed by atoms with Gasteiger partial charge in [-0.05, 0) is 47.7 Å². The number of fused-ring (bicyclic) bond motifs is 3. The molecular formula is C24H26N2O7. The van der Waals surface area contributed by atoms with Gasteiger partial charge in [0, 0.05) is 12.5 Å². The Hall–Kier alpha value is -3.75. The number of carbonyl (C=O) groups excluding carboxylic acids is 2. The average molecular weight is 454 g/mol. The first-order chi connectivity index (χ1) is 15.9. The molecule has 0 spiro atoms. The van der Waals surface area contributed by atoms with Crippen LogP contribution in [0.1, 0.15) is 30.5 Å². The van der Waals surface area contributed by atoms with E-state index in [0.717, 1.165) is 11.1 Å². The monoisotopic (exact) mass is 454 g/mol. The van der Waals surface area contributed by atoms with E-state index in [9.17, 15) is 14.4 Å². The van der Waals surface area contributed by atoms with Crippen LogP contribution in [0.3, 0.4) is 0 Å². The molecule has 1 heterocycles. The van der Waals surface area contributed by atoms with E-state index in [4.69, 9.17) is 18.9 Å². The fourth-order valence-electron chi connectivity index (χ4n) is 4.53. The normalized spacial score (nSPS) is 16.8. The number of aryl methyl sites for hydroxylation is 1.